The molecule has 9 heteroatoms. The Balaban J connectivity index is 1.66. The zero-order chi connectivity index (χ0) is 19.4. The van der Waals surface area contributed by atoms with Crippen molar-refractivity contribution in [2.24, 2.45) is 0 Å². The van der Waals surface area contributed by atoms with Crippen LogP contribution in [0.5, 0.6) is 5.75 Å². The second kappa shape index (κ2) is 8.40. The number of hydrogen-bond acceptors (Lipinski definition) is 5. The molecule has 1 aromatic heterocycles. The first-order valence-electron chi connectivity index (χ1n) is 7.65. The van der Waals surface area contributed by atoms with Gasteiger partial charge in [-0.3, -0.25) is 14.9 Å². The molecule has 2 aromatic carbocycles. The summed E-state index contributed by atoms with van der Waals surface area (Å²) in [7, 11) is 0. The summed E-state index contributed by atoms with van der Waals surface area (Å²) in [5.41, 5.74) is -0.271. The minimum atomic E-state index is -0.621. The molecule has 0 bridgehead atoms. The van der Waals surface area contributed by atoms with Crippen LogP contribution in [0.15, 0.2) is 59.0 Å². The minimum Gasteiger partial charge on any atom is -0.486 e. The van der Waals surface area contributed by atoms with E-state index >= 15 is 0 Å². The van der Waals surface area contributed by atoms with Gasteiger partial charge in [0.25, 0.3) is 11.6 Å². The number of carbonyl (C=O) groups excluding carboxylic acids is 1. The number of ether oxygens (including phenoxy) is 1. The monoisotopic (exact) mass is 498 g/mol. The summed E-state index contributed by atoms with van der Waals surface area (Å²) in [6, 6.07) is 14.6. The first kappa shape index (κ1) is 19.2. The number of furan rings is 1. The SMILES string of the molecule is O=C(Nc1ccc(Cl)cc1[N+](=O)[O-])c1ccc(COc2ccc(I)cc2)o1. The molecule has 3 rings (SSSR count). The van der Waals surface area contributed by atoms with Crippen molar-refractivity contribution in [2.75, 3.05) is 5.32 Å². The van der Waals surface area contributed by atoms with Gasteiger partial charge in [-0.15, -0.1) is 0 Å². The summed E-state index contributed by atoms with van der Waals surface area (Å²) in [6.07, 6.45) is 0. The third-order valence-corrected chi connectivity index (χ3v) is 4.44. The molecule has 1 amide bonds. The Hall–Kier alpha value is -2.59. The van der Waals surface area contributed by atoms with Crippen LogP contribution in [0.3, 0.4) is 0 Å². The van der Waals surface area contributed by atoms with Crippen LogP contribution in [0.2, 0.25) is 5.02 Å². The highest BCUT2D eigenvalue weighted by molar-refractivity contribution is 14.1. The Labute approximate surface area is 172 Å². The molecule has 0 saturated heterocycles. The summed E-state index contributed by atoms with van der Waals surface area (Å²) >= 11 is 7.96. The Kier molecular flexibility index (Phi) is 5.97. The third kappa shape index (κ3) is 4.98. The van der Waals surface area contributed by atoms with Crippen LogP contribution in [0.25, 0.3) is 0 Å². The van der Waals surface area contributed by atoms with Gasteiger partial charge in [-0.05, 0) is 71.1 Å². The molecular weight excluding hydrogens is 487 g/mol. The molecule has 1 heterocycles. The molecule has 0 unspecified atom stereocenters. The van der Waals surface area contributed by atoms with Crippen LogP contribution in [-0.2, 0) is 6.61 Å². The highest BCUT2D eigenvalue weighted by Gasteiger charge is 2.19. The highest BCUT2D eigenvalue weighted by Crippen LogP contribution is 2.28. The molecular formula is C18H12ClIN2O5. The van der Waals surface area contributed by atoms with E-state index in [1.54, 1.807) is 6.07 Å². The molecule has 27 heavy (non-hydrogen) atoms. The predicted octanol–water partition coefficient (Wildman–Crippen LogP) is 5.28. The quantitative estimate of drug-likeness (QED) is 0.284. The first-order valence-corrected chi connectivity index (χ1v) is 9.10. The van der Waals surface area contributed by atoms with Crippen molar-refractivity contribution >= 4 is 51.5 Å². The average molecular weight is 499 g/mol. The van der Waals surface area contributed by atoms with Gasteiger partial charge in [0.05, 0.1) is 4.92 Å². The van der Waals surface area contributed by atoms with Gasteiger partial charge in [-0.25, -0.2) is 0 Å². The molecule has 1 N–H and O–H groups in total. The van der Waals surface area contributed by atoms with Crippen molar-refractivity contribution < 1.29 is 18.9 Å². The normalized spacial score (nSPS) is 10.4. The van der Waals surface area contributed by atoms with Crippen LogP contribution in [0.4, 0.5) is 11.4 Å². The molecule has 3 aromatic rings. The van der Waals surface area contributed by atoms with E-state index < -0.39 is 10.8 Å². The van der Waals surface area contributed by atoms with E-state index in [0.717, 1.165) is 3.57 Å². The summed E-state index contributed by atoms with van der Waals surface area (Å²) in [5.74, 6) is 0.528. The molecule has 0 aliphatic rings. The molecule has 0 spiro atoms. The predicted molar refractivity (Wildman–Crippen MR) is 108 cm³/mol. The fourth-order valence-electron chi connectivity index (χ4n) is 2.21. The van der Waals surface area contributed by atoms with Gasteiger partial charge in [0.1, 0.15) is 23.8 Å². The fourth-order valence-corrected chi connectivity index (χ4v) is 2.73. The van der Waals surface area contributed by atoms with Crippen LogP contribution in [0, 0.1) is 13.7 Å². The molecule has 0 aliphatic carbocycles. The highest BCUT2D eigenvalue weighted by atomic mass is 127. The molecule has 138 valence electrons. The van der Waals surface area contributed by atoms with Crippen LogP contribution < -0.4 is 10.1 Å². The van der Waals surface area contributed by atoms with Crippen LogP contribution in [0.1, 0.15) is 16.3 Å². The van der Waals surface area contributed by atoms with Crippen LogP contribution in [-0.4, -0.2) is 10.8 Å². The number of benzene rings is 2. The van der Waals surface area contributed by atoms with Crippen molar-refractivity contribution in [3.05, 3.63) is 84.8 Å². The van der Waals surface area contributed by atoms with E-state index in [1.807, 2.05) is 24.3 Å². The number of nitro groups is 1. The summed E-state index contributed by atoms with van der Waals surface area (Å²) in [4.78, 5) is 22.8. The molecule has 0 fully saturated rings. The number of nitrogens with zero attached hydrogens (tertiary/aromatic N) is 1. The number of anilines is 1. The number of nitro benzene ring substituents is 1. The van der Waals surface area contributed by atoms with Crippen molar-refractivity contribution in [2.45, 2.75) is 6.61 Å². The zero-order valence-corrected chi connectivity index (χ0v) is 16.6. The van der Waals surface area contributed by atoms with Gasteiger partial charge in [-0.1, -0.05) is 11.6 Å². The molecule has 7 nitrogen and oxygen atoms in total. The van der Waals surface area contributed by atoms with E-state index in [1.165, 1.54) is 24.3 Å². The Morgan fingerprint density at radius 1 is 1.19 bits per heavy atom. The van der Waals surface area contributed by atoms with Crippen molar-refractivity contribution in [3.63, 3.8) is 0 Å². The van der Waals surface area contributed by atoms with E-state index in [2.05, 4.69) is 27.9 Å². The van der Waals surface area contributed by atoms with Gasteiger partial charge in [0.15, 0.2) is 5.76 Å². The fraction of sp³-hybridized carbons (Fsp3) is 0.0556. The van der Waals surface area contributed by atoms with Crippen molar-refractivity contribution in [1.29, 1.82) is 0 Å². The summed E-state index contributed by atoms with van der Waals surface area (Å²) in [6.45, 7) is 0.148. The van der Waals surface area contributed by atoms with Gasteiger partial charge >= 0.3 is 0 Å². The van der Waals surface area contributed by atoms with E-state index in [0.29, 0.717) is 11.5 Å². The van der Waals surface area contributed by atoms with E-state index in [4.69, 9.17) is 20.8 Å². The minimum absolute atomic E-state index is 0.0143. The smallest absolute Gasteiger partial charge is 0.294 e. The molecule has 0 atom stereocenters. The van der Waals surface area contributed by atoms with E-state index in [-0.39, 0.29) is 28.8 Å². The molecule has 0 aliphatic heterocycles. The number of carbonyl (C=O) groups is 1. The number of hydrogen-bond donors (Lipinski definition) is 1. The van der Waals surface area contributed by atoms with Crippen molar-refractivity contribution in [3.8, 4) is 5.75 Å². The number of rotatable bonds is 6. The first-order chi connectivity index (χ1) is 12.9. The largest absolute Gasteiger partial charge is 0.486 e. The number of amides is 1. The zero-order valence-electron chi connectivity index (χ0n) is 13.6. The lowest BCUT2D eigenvalue weighted by molar-refractivity contribution is -0.383. The van der Waals surface area contributed by atoms with Crippen molar-refractivity contribution in [1.82, 2.24) is 0 Å². The summed E-state index contributed by atoms with van der Waals surface area (Å²) < 4.78 is 12.1. The Bertz CT molecular complexity index is 988. The third-order valence-electron chi connectivity index (χ3n) is 3.48. The lowest BCUT2D eigenvalue weighted by Crippen LogP contribution is -2.12. The lowest BCUT2D eigenvalue weighted by Gasteiger charge is -2.05. The van der Waals surface area contributed by atoms with Gasteiger partial charge in [-0.2, -0.15) is 0 Å². The number of halogens is 2. The second-order valence-electron chi connectivity index (χ2n) is 5.38. The van der Waals surface area contributed by atoms with Gasteiger partial charge in [0.2, 0.25) is 0 Å². The Morgan fingerprint density at radius 3 is 2.63 bits per heavy atom. The maximum atomic E-state index is 12.3. The second-order valence-corrected chi connectivity index (χ2v) is 7.06. The topological polar surface area (TPSA) is 94.6 Å². The Morgan fingerprint density at radius 2 is 1.93 bits per heavy atom. The molecule has 0 radical (unpaired) electrons. The van der Waals surface area contributed by atoms with Crippen LogP contribution >= 0.6 is 34.2 Å². The summed E-state index contributed by atoms with van der Waals surface area (Å²) in [5, 5.41) is 13.7. The standard InChI is InChI=1S/C18H12ClIN2O5/c19-11-1-7-15(16(9-11)22(24)25)21-18(23)17-8-6-14(27-17)10-26-13-4-2-12(20)3-5-13/h1-9H,10H2,(H,21,23). The number of nitrogens with one attached hydrogen (secondary N) is 1. The van der Waals surface area contributed by atoms with E-state index in [9.17, 15) is 14.9 Å². The maximum Gasteiger partial charge on any atom is 0.294 e. The maximum absolute atomic E-state index is 12.3. The van der Waals surface area contributed by atoms with Gasteiger partial charge < -0.3 is 14.5 Å². The van der Waals surface area contributed by atoms with Gasteiger partial charge in [0, 0.05) is 14.7 Å². The lowest BCUT2D eigenvalue weighted by atomic mass is 10.2. The average Bonchev–Trinajstić information content (AvgIpc) is 3.12. The molecule has 0 saturated carbocycles.